The average Bonchev–Trinajstić information content (AvgIpc) is 2.89. The van der Waals surface area contributed by atoms with Crippen molar-refractivity contribution in [1.82, 2.24) is 15.3 Å². The number of pyridine rings is 1. The monoisotopic (exact) mass is 283 g/mol. The molecule has 0 spiro atoms. The third-order valence-corrected chi connectivity index (χ3v) is 4.44. The molecule has 0 bridgehead atoms. The number of aryl methyl sites for hydroxylation is 1. The first-order valence-electron chi connectivity index (χ1n) is 6.70. The summed E-state index contributed by atoms with van der Waals surface area (Å²) in [4.78, 5) is 9.00. The first-order valence-corrected chi connectivity index (χ1v) is 7.58. The molecule has 2 heterocycles. The molecule has 0 aliphatic rings. The van der Waals surface area contributed by atoms with E-state index in [1.807, 2.05) is 26.2 Å². The van der Waals surface area contributed by atoms with Crippen LogP contribution in [0.5, 0.6) is 0 Å². The number of rotatable bonds is 4. The molecular weight excluding hydrogens is 266 g/mol. The predicted molar refractivity (Wildman–Crippen MR) is 84.1 cm³/mol. The van der Waals surface area contributed by atoms with Crippen LogP contribution in [0.25, 0.3) is 10.9 Å². The third kappa shape index (κ3) is 2.57. The molecule has 20 heavy (non-hydrogen) atoms. The number of fused-ring (bicyclic) bond motifs is 1. The fraction of sp³-hybridized carbons (Fsp3) is 0.250. The maximum atomic E-state index is 4.57. The van der Waals surface area contributed by atoms with E-state index in [0.29, 0.717) is 0 Å². The standard InChI is InChI=1S/C16H17N3S/c1-11-10-20-16(19-11)9-15(17-2)13-5-3-7-14-12(13)6-4-8-18-14/h3-8,10,15,17H,9H2,1-2H3. The number of hydrogen-bond acceptors (Lipinski definition) is 4. The lowest BCUT2D eigenvalue weighted by molar-refractivity contribution is 0.594. The zero-order valence-electron chi connectivity index (χ0n) is 11.6. The van der Waals surface area contributed by atoms with Gasteiger partial charge in [0.1, 0.15) is 0 Å². The highest BCUT2D eigenvalue weighted by molar-refractivity contribution is 7.09. The maximum Gasteiger partial charge on any atom is 0.0947 e. The Hall–Kier alpha value is -1.78. The quantitative estimate of drug-likeness (QED) is 0.796. The van der Waals surface area contributed by atoms with Gasteiger partial charge < -0.3 is 5.32 Å². The van der Waals surface area contributed by atoms with Crippen molar-refractivity contribution in [3.05, 3.63) is 58.2 Å². The number of likely N-dealkylation sites (N-methyl/N-ethyl adjacent to an activating group) is 1. The summed E-state index contributed by atoms with van der Waals surface area (Å²) in [5.41, 5.74) is 3.42. The highest BCUT2D eigenvalue weighted by atomic mass is 32.1. The van der Waals surface area contributed by atoms with Crippen molar-refractivity contribution in [3.8, 4) is 0 Å². The van der Waals surface area contributed by atoms with E-state index in [1.54, 1.807) is 11.3 Å². The number of hydrogen-bond donors (Lipinski definition) is 1. The SMILES string of the molecule is CNC(Cc1nc(C)cs1)c1cccc2ncccc12. The minimum atomic E-state index is 0.258. The topological polar surface area (TPSA) is 37.8 Å². The number of benzene rings is 1. The Kier molecular flexibility index (Phi) is 3.76. The van der Waals surface area contributed by atoms with Gasteiger partial charge in [0.25, 0.3) is 0 Å². The number of aromatic nitrogens is 2. The molecule has 0 radical (unpaired) electrons. The van der Waals surface area contributed by atoms with E-state index in [9.17, 15) is 0 Å². The molecule has 0 saturated carbocycles. The van der Waals surface area contributed by atoms with Crippen LogP contribution in [-0.2, 0) is 6.42 Å². The number of thiazole rings is 1. The zero-order valence-corrected chi connectivity index (χ0v) is 12.4. The van der Waals surface area contributed by atoms with Crippen molar-refractivity contribution in [1.29, 1.82) is 0 Å². The average molecular weight is 283 g/mol. The molecule has 0 saturated heterocycles. The number of nitrogens with zero attached hydrogens (tertiary/aromatic N) is 2. The lowest BCUT2D eigenvalue weighted by Crippen LogP contribution is -2.19. The van der Waals surface area contributed by atoms with Crippen LogP contribution in [0.2, 0.25) is 0 Å². The molecule has 102 valence electrons. The third-order valence-electron chi connectivity index (χ3n) is 3.45. The fourth-order valence-electron chi connectivity index (χ4n) is 2.47. The van der Waals surface area contributed by atoms with Crippen molar-refractivity contribution in [2.45, 2.75) is 19.4 Å². The van der Waals surface area contributed by atoms with Gasteiger partial charge in [0.2, 0.25) is 0 Å². The number of nitrogens with one attached hydrogen (secondary N) is 1. The van der Waals surface area contributed by atoms with Crippen molar-refractivity contribution in [2.75, 3.05) is 7.05 Å². The summed E-state index contributed by atoms with van der Waals surface area (Å²) in [6, 6.07) is 10.7. The van der Waals surface area contributed by atoms with Gasteiger partial charge >= 0.3 is 0 Å². The Labute approximate surface area is 122 Å². The molecule has 0 aliphatic heterocycles. The summed E-state index contributed by atoms with van der Waals surface area (Å²) in [5, 5.41) is 7.89. The van der Waals surface area contributed by atoms with E-state index < -0.39 is 0 Å². The molecule has 2 aromatic heterocycles. The Balaban J connectivity index is 1.98. The van der Waals surface area contributed by atoms with Crippen LogP contribution in [0.15, 0.2) is 41.9 Å². The van der Waals surface area contributed by atoms with E-state index in [4.69, 9.17) is 0 Å². The van der Waals surface area contributed by atoms with E-state index >= 15 is 0 Å². The normalized spacial score (nSPS) is 12.7. The van der Waals surface area contributed by atoms with Crippen LogP contribution < -0.4 is 5.32 Å². The highest BCUT2D eigenvalue weighted by Crippen LogP contribution is 2.26. The molecule has 1 aromatic carbocycles. The molecule has 1 atom stereocenters. The molecule has 3 rings (SSSR count). The molecular formula is C16H17N3S. The second-order valence-corrected chi connectivity index (χ2v) is 5.79. The van der Waals surface area contributed by atoms with Crippen molar-refractivity contribution in [3.63, 3.8) is 0 Å². The van der Waals surface area contributed by atoms with Gasteiger partial charge in [0.05, 0.1) is 10.5 Å². The lowest BCUT2D eigenvalue weighted by atomic mass is 9.99. The smallest absolute Gasteiger partial charge is 0.0947 e. The zero-order chi connectivity index (χ0) is 13.9. The summed E-state index contributed by atoms with van der Waals surface area (Å²) < 4.78 is 0. The Bertz CT molecular complexity index is 715. The predicted octanol–water partition coefficient (Wildman–Crippen LogP) is 3.50. The molecule has 0 aliphatic carbocycles. The van der Waals surface area contributed by atoms with E-state index in [2.05, 4.69) is 44.9 Å². The maximum absolute atomic E-state index is 4.57. The van der Waals surface area contributed by atoms with Crippen LogP contribution in [-0.4, -0.2) is 17.0 Å². The molecule has 4 heteroatoms. The van der Waals surface area contributed by atoms with Gasteiger partial charge in [-0.05, 0) is 31.7 Å². The molecule has 1 N–H and O–H groups in total. The van der Waals surface area contributed by atoms with Gasteiger partial charge in [-0.3, -0.25) is 4.98 Å². The van der Waals surface area contributed by atoms with Crippen LogP contribution in [0.3, 0.4) is 0 Å². The van der Waals surface area contributed by atoms with Crippen molar-refractivity contribution in [2.24, 2.45) is 0 Å². The molecule has 0 amide bonds. The van der Waals surface area contributed by atoms with Gasteiger partial charge in [0, 0.05) is 35.1 Å². The first kappa shape index (κ1) is 13.2. The summed E-state index contributed by atoms with van der Waals surface area (Å²) in [6.07, 6.45) is 2.74. The summed E-state index contributed by atoms with van der Waals surface area (Å²) in [6.45, 7) is 2.04. The van der Waals surface area contributed by atoms with Gasteiger partial charge in [-0.1, -0.05) is 18.2 Å². The molecule has 3 aromatic rings. The lowest BCUT2D eigenvalue weighted by Gasteiger charge is -2.17. The van der Waals surface area contributed by atoms with Crippen molar-refractivity contribution < 1.29 is 0 Å². The van der Waals surface area contributed by atoms with Gasteiger partial charge in [-0.2, -0.15) is 0 Å². The van der Waals surface area contributed by atoms with E-state index in [1.165, 1.54) is 16.0 Å². The summed E-state index contributed by atoms with van der Waals surface area (Å²) in [7, 11) is 2.00. The first-order chi connectivity index (χ1) is 9.78. The summed E-state index contributed by atoms with van der Waals surface area (Å²) in [5.74, 6) is 0. The highest BCUT2D eigenvalue weighted by Gasteiger charge is 2.15. The molecule has 3 nitrogen and oxygen atoms in total. The minimum Gasteiger partial charge on any atom is -0.313 e. The van der Waals surface area contributed by atoms with Gasteiger partial charge in [0.15, 0.2) is 0 Å². The van der Waals surface area contributed by atoms with Crippen LogP contribution in [0.4, 0.5) is 0 Å². The minimum absolute atomic E-state index is 0.258. The Morgan fingerprint density at radius 2 is 2.15 bits per heavy atom. The van der Waals surface area contributed by atoms with Crippen molar-refractivity contribution >= 4 is 22.2 Å². The second-order valence-electron chi connectivity index (χ2n) is 4.85. The van der Waals surface area contributed by atoms with Crippen LogP contribution in [0, 0.1) is 6.92 Å². The van der Waals surface area contributed by atoms with Crippen LogP contribution >= 0.6 is 11.3 Å². The fourth-order valence-corrected chi connectivity index (χ4v) is 3.29. The van der Waals surface area contributed by atoms with Gasteiger partial charge in [-0.15, -0.1) is 11.3 Å². The Morgan fingerprint density at radius 3 is 2.90 bits per heavy atom. The largest absolute Gasteiger partial charge is 0.313 e. The van der Waals surface area contributed by atoms with E-state index in [0.717, 1.165) is 17.6 Å². The van der Waals surface area contributed by atoms with Crippen LogP contribution in [0.1, 0.15) is 22.3 Å². The molecule has 1 unspecified atom stereocenters. The molecule has 0 fully saturated rings. The second kappa shape index (κ2) is 5.69. The summed E-state index contributed by atoms with van der Waals surface area (Å²) >= 11 is 1.73. The van der Waals surface area contributed by atoms with Gasteiger partial charge in [-0.25, -0.2) is 4.98 Å². The Morgan fingerprint density at radius 1 is 1.25 bits per heavy atom. The van der Waals surface area contributed by atoms with E-state index in [-0.39, 0.29) is 6.04 Å².